The van der Waals surface area contributed by atoms with Gasteiger partial charge in [-0.15, -0.1) is 0 Å². The predicted molar refractivity (Wildman–Crippen MR) is 81.6 cm³/mol. The number of nitrogens with zero attached hydrogens (tertiary/aromatic N) is 1. The summed E-state index contributed by atoms with van der Waals surface area (Å²) in [6, 6.07) is 5.07. The molecular weight excluding hydrogens is 268 g/mol. The van der Waals surface area contributed by atoms with Gasteiger partial charge in [-0.1, -0.05) is 6.07 Å². The minimum atomic E-state index is -0.242. The van der Waals surface area contributed by atoms with Gasteiger partial charge in [0.25, 0.3) is 5.91 Å². The second kappa shape index (κ2) is 6.45. The normalized spacial score (nSPS) is 16.7. The van der Waals surface area contributed by atoms with E-state index in [0.717, 1.165) is 31.9 Å². The zero-order valence-corrected chi connectivity index (χ0v) is 13.0. The number of ether oxygens (including phenoxy) is 1. The maximum absolute atomic E-state index is 12.2. The number of amides is 1. The van der Waals surface area contributed by atoms with Crippen LogP contribution in [0.1, 0.15) is 29.8 Å². The predicted octanol–water partition coefficient (Wildman–Crippen LogP) is 1.54. The van der Waals surface area contributed by atoms with E-state index >= 15 is 0 Å². The summed E-state index contributed by atoms with van der Waals surface area (Å²) in [5, 5.41) is 12.8. The Morgan fingerprint density at radius 3 is 2.67 bits per heavy atom. The van der Waals surface area contributed by atoms with Gasteiger partial charge >= 0.3 is 0 Å². The van der Waals surface area contributed by atoms with Crippen molar-refractivity contribution in [3.05, 3.63) is 29.3 Å². The van der Waals surface area contributed by atoms with E-state index in [1.807, 2.05) is 13.0 Å². The highest BCUT2D eigenvalue weighted by Crippen LogP contribution is 2.19. The molecule has 116 valence electrons. The highest BCUT2D eigenvalue weighted by atomic mass is 16.5. The number of carbonyl (C=O) groups excluding carboxylic acids is 1. The van der Waals surface area contributed by atoms with Crippen LogP contribution < -0.4 is 5.32 Å². The molecule has 0 radical (unpaired) electrons. The van der Waals surface area contributed by atoms with Gasteiger partial charge in [0, 0.05) is 25.2 Å². The molecule has 2 N–H and O–H groups in total. The summed E-state index contributed by atoms with van der Waals surface area (Å²) in [6.07, 6.45) is 0. The number of hydrogen-bond acceptors (Lipinski definition) is 4. The van der Waals surface area contributed by atoms with E-state index < -0.39 is 0 Å². The molecule has 0 aliphatic carbocycles. The van der Waals surface area contributed by atoms with E-state index in [1.165, 1.54) is 0 Å². The minimum Gasteiger partial charge on any atom is -0.507 e. The van der Waals surface area contributed by atoms with Crippen molar-refractivity contribution in [1.82, 2.24) is 10.2 Å². The van der Waals surface area contributed by atoms with Crippen LogP contribution in [0.3, 0.4) is 0 Å². The number of morpholine rings is 1. The first-order valence-electron chi connectivity index (χ1n) is 7.31. The van der Waals surface area contributed by atoms with Gasteiger partial charge in [-0.25, -0.2) is 0 Å². The summed E-state index contributed by atoms with van der Waals surface area (Å²) >= 11 is 0. The highest BCUT2D eigenvalue weighted by Gasteiger charge is 2.28. The van der Waals surface area contributed by atoms with Crippen molar-refractivity contribution < 1.29 is 14.6 Å². The molecule has 0 unspecified atom stereocenters. The number of hydrogen-bond donors (Lipinski definition) is 2. The van der Waals surface area contributed by atoms with Gasteiger partial charge in [0.15, 0.2) is 0 Å². The van der Waals surface area contributed by atoms with Crippen LogP contribution in [0.25, 0.3) is 0 Å². The van der Waals surface area contributed by atoms with Crippen molar-refractivity contribution in [3.8, 4) is 5.75 Å². The van der Waals surface area contributed by atoms with Crippen LogP contribution in [0.15, 0.2) is 18.2 Å². The number of phenolic OH excluding ortho intramolecular Hbond substituents is 1. The number of aryl methyl sites for hydroxylation is 1. The van der Waals surface area contributed by atoms with E-state index in [2.05, 4.69) is 24.1 Å². The van der Waals surface area contributed by atoms with Crippen molar-refractivity contribution in [1.29, 1.82) is 0 Å². The summed E-state index contributed by atoms with van der Waals surface area (Å²) in [7, 11) is 0. The van der Waals surface area contributed by atoms with Crippen LogP contribution in [0.4, 0.5) is 0 Å². The number of benzene rings is 1. The first-order chi connectivity index (χ1) is 9.90. The highest BCUT2D eigenvalue weighted by molar-refractivity contribution is 5.96. The Morgan fingerprint density at radius 1 is 1.38 bits per heavy atom. The van der Waals surface area contributed by atoms with Crippen molar-refractivity contribution in [2.75, 3.05) is 32.8 Å². The number of carbonyl (C=O) groups is 1. The lowest BCUT2D eigenvalue weighted by molar-refractivity contribution is -0.00923. The Hall–Kier alpha value is -1.59. The average molecular weight is 292 g/mol. The Labute approximate surface area is 125 Å². The second-order valence-corrected chi connectivity index (χ2v) is 6.12. The van der Waals surface area contributed by atoms with Crippen LogP contribution in [-0.2, 0) is 4.74 Å². The minimum absolute atomic E-state index is 0.0247. The Morgan fingerprint density at radius 2 is 2.05 bits per heavy atom. The smallest absolute Gasteiger partial charge is 0.255 e. The molecule has 1 heterocycles. The molecule has 1 aromatic carbocycles. The van der Waals surface area contributed by atoms with E-state index in [-0.39, 0.29) is 17.2 Å². The zero-order chi connectivity index (χ0) is 15.5. The molecule has 2 rings (SSSR count). The molecule has 5 heteroatoms. The summed E-state index contributed by atoms with van der Waals surface area (Å²) in [4.78, 5) is 14.5. The molecular formula is C16H24N2O3. The Bertz CT molecular complexity index is 508. The molecule has 0 aromatic heterocycles. The summed E-state index contributed by atoms with van der Waals surface area (Å²) in [5.41, 5.74) is 1.11. The van der Waals surface area contributed by atoms with Gasteiger partial charge in [0.05, 0.1) is 18.8 Å². The summed E-state index contributed by atoms with van der Waals surface area (Å²) < 4.78 is 5.35. The first-order valence-corrected chi connectivity index (χ1v) is 7.31. The summed E-state index contributed by atoms with van der Waals surface area (Å²) in [5.74, 6) is -0.217. The lowest BCUT2D eigenvalue weighted by atomic mass is 10.0. The number of nitrogens with one attached hydrogen (secondary N) is 1. The topological polar surface area (TPSA) is 61.8 Å². The van der Waals surface area contributed by atoms with Crippen LogP contribution in [0.5, 0.6) is 5.75 Å². The van der Waals surface area contributed by atoms with Crippen molar-refractivity contribution >= 4 is 5.91 Å². The van der Waals surface area contributed by atoms with Crippen LogP contribution in [0, 0.1) is 6.92 Å². The van der Waals surface area contributed by atoms with Crippen molar-refractivity contribution in [3.63, 3.8) is 0 Å². The van der Waals surface area contributed by atoms with Gasteiger partial charge in [0.2, 0.25) is 0 Å². The Balaban J connectivity index is 1.96. The lowest BCUT2D eigenvalue weighted by Crippen LogP contribution is -2.55. The third-order valence-corrected chi connectivity index (χ3v) is 3.95. The quantitative estimate of drug-likeness (QED) is 0.884. The van der Waals surface area contributed by atoms with Crippen LogP contribution >= 0.6 is 0 Å². The molecule has 0 bridgehead atoms. The molecule has 1 aliphatic heterocycles. The fourth-order valence-electron chi connectivity index (χ4n) is 2.51. The van der Waals surface area contributed by atoms with Crippen molar-refractivity contribution in [2.24, 2.45) is 0 Å². The molecule has 1 fully saturated rings. The monoisotopic (exact) mass is 292 g/mol. The van der Waals surface area contributed by atoms with Gasteiger partial charge in [-0.2, -0.15) is 0 Å². The fourth-order valence-corrected chi connectivity index (χ4v) is 2.51. The molecule has 1 amide bonds. The second-order valence-electron chi connectivity index (χ2n) is 6.12. The molecule has 0 spiro atoms. The van der Waals surface area contributed by atoms with Crippen LogP contribution in [-0.4, -0.2) is 54.3 Å². The number of phenols is 1. The maximum atomic E-state index is 12.2. The number of rotatable bonds is 4. The van der Waals surface area contributed by atoms with Gasteiger partial charge in [0.1, 0.15) is 5.75 Å². The van der Waals surface area contributed by atoms with E-state index in [1.54, 1.807) is 12.1 Å². The fraction of sp³-hybridized carbons (Fsp3) is 0.562. The lowest BCUT2D eigenvalue weighted by Gasteiger charge is -2.40. The van der Waals surface area contributed by atoms with Crippen LogP contribution in [0.2, 0.25) is 0 Å². The molecule has 1 aliphatic rings. The standard InChI is InChI=1S/C16H24N2O3/c1-12-4-5-13(14(19)10-12)15(20)17-11-16(2,3)18-6-8-21-9-7-18/h4-5,10,19H,6-9,11H2,1-3H3,(H,17,20). The van der Waals surface area contributed by atoms with E-state index in [4.69, 9.17) is 4.74 Å². The molecule has 1 saturated heterocycles. The molecule has 21 heavy (non-hydrogen) atoms. The SMILES string of the molecule is Cc1ccc(C(=O)NCC(C)(C)N2CCOCC2)c(O)c1. The maximum Gasteiger partial charge on any atom is 0.255 e. The first kappa shape index (κ1) is 15.8. The average Bonchev–Trinajstić information content (AvgIpc) is 2.46. The largest absolute Gasteiger partial charge is 0.507 e. The van der Waals surface area contributed by atoms with Gasteiger partial charge in [-0.3, -0.25) is 9.69 Å². The molecule has 0 saturated carbocycles. The number of aromatic hydroxyl groups is 1. The molecule has 0 atom stereocenters. The Kier molecular flexibility index (Phi) is 4.85. The van der Waals surface area contributed by atoms with Gasteiger partial charge in [-0.05, 0) is 38.5 Å². The van der Waals surface area contributed by atoms with E-state index in [0.29, 0.717) is 12.1 Å². The third-order valence-electron chi connectivity index (χ3n) is 3.95. The zero-order valence-electron chi connectivity index (χ0n) is 13.0. The van der Waals surface area contributed by atoms with Crippen molar-refractivity contribution in [2.45, 2.75) is 26.3 Å². The van der Waals surface area contributed by atoms with E-state index in [9.17, 15) is 9.90 Å². The summed E-state index contributed by atoms with van der Waals surface area (Å²) in [6.45, 7) is 9.83. The molecule has 5 nitrogen and oxygen atoms in total. The third kappa shape index (κ3) is 3.95. The van der Waals surface area contributed by atoms with Gasteiger partial charge < -0.3 is 15.2 Å². The molecule has 1 aromatic rings.